The Kier molecular flexibility index (Phi) is 5.43. The summed E-state index contributed by atoms with van der Waals surface area (Å²) in [6.07, 6.45) is 6.19. The molecule has 2 N–H and O–H groups in total. The Hall–Kier alpha value is -3.18. The first-order chi connectivity index (χ1) is 15.2. The van der Waals surface area contributed by atoms with E-state index >= 15 is 0 Å². The number of aryl methyl sites for hydroxylation is 1. The Balaban J connectivity index is 1.29. The SMILES string of the molecule is NC(=O)c1ccc(Oc2ccc3c(c2)CCC3N2CCCC(c3ccccc3)C2)nc1. The monoisotopic (exact) mass is 413 g/mol. The maximum atomic E-state index is 11.2. The molecule has 5 heteroatoms. The third kappa shape index (κ3) is 4.19. The summed E-state index contributed by atoms with van der Waals surface area (Å²) in [5, 5.41) is 0. The van der Waals surface area contributed by atoms with E-state index in [1.165, 1.54) is 42.3 Å². The molecule has 2 aromatic carbocycles. The number of fused-ring (bicyclic) bond motifs is 1. The third-order valence-corrected chi connectivity index (χ3v) is 6.57. The molecule has 1 saturated heterocycles. The number of hydrogen-bond acceptors (Lipinski definition) is 4. The summed E-state index contributed by atoms with van der Waals surface area (Å²) >= 11 is 0. The number of benzene rings is 2. The van der Waals surface area contributed by atoms with Crippen LogP contribution in [0.25, 0.3) is 0 Å². The van der Waals surface area contributed by atoms with Crippen molar-refractivity contribution >= 4 is 5.91 Å². The van der Waals surface area contributed by atoms with Crippen LogP contribution in [0.15, 0.2) is 66.9 Å². The van der Waals surface area contributed by atoms with Crippen molar-refractivity contribution in [2.75, 3.05) is 13.1 Å². The van der Waals surface area contributed by atoms with Crippen molar-refractivity contribution in [3.63, 3.8) is 0 Å². The summed E-state index contributed by atoms with van der Waals surface area (Å²) < 4.78 is 5.92. The molecule has 2 aliphatic rings. The Labute approximate surface area is 182 Å². The van der Waals surface area contributed by atoms with Crippen LogP contribution in [0.2, 0.25) is 0 Å². The molecule has 0 saturated carbocycles. The summed E-state index contributed by atoms with van der Waals surface area (Å²) in [6.45, 7) is 2.30. The van der Waals surface area contributed by atoms with Gasteiger partial charge in [0, 0.05) is 24.8 Å². The van der Waals surface area contributed by atoms with Crippen LogP contribution in [0, 0.1) is 0 Å². The van der Waals surface area contributed by atoms with E-state index in [2.05, 4.69) is 52.3 Å². The van der Waals surface area contributed by atoms with Gasteiger partial charge in [-0.15, -0.1) is 0 Å². The highest BCUT2D eigenvalue weighted by Gasteiger charge is 2.32. The molecular weight excluding hydrogens is 386 g/mol. The van der Waals surface area contributed by atoms with Gasteiger partial charge in [0.2, 0.25) is 11.8 Å². The van der Waals surface area contributed by atoms with Gasteiger partial charge < -0.3 is 10.5 Å². The number of nitrogens with two attached hydrogens (primary N) is 1. The highest BCUT2D eigenvalue weighted by atomic mass is 16.5. The minimum absolute atomic E-state index is 0.375. The van der Waals surface area contributed by atoms with Crippen molar-refractivity contribution < 1.29 is 9.53 Å². The Bertz CT molecular complexity index is 1070. The molecule has 0 bridgehead atoms. The van der Waals surface area contributed by atoms with Gasteiger partial charge in [0.1, 0.15) is 5.75 Å². The van der Waals surface area contributed by atoms with Gasteiger partial charge in [0.25, 0.3) is 0 Å². The van der Waals surface area contributed by atoms with Gasteiger partial charge in [-0.05, 0) is 73.0 Å². The number of nitrogens with zero attached hydrogens (tertiary/aromatic N) is 2. The molecule has 1 aliphatic heterocycles. The molecule has 5 rings (SSSR count). The van der Waals surface area contributed by atoms with Crippen LogP contribution >= 0.6 is 0 Å². The molecule has 158 valence electrons. The van der Waals surface area contributed by atoms with E-state index in [0.717, 1.165) is 25.1 Å². The number of carbonyl (C=O) groups excluding carboxylic acids is 1. The fourth-order valence-electron chi connectivity index (χ4n) is 5.01. The second-order valence-electron chi connectivity index (χ2n) is 8.51. The van der Waals surface area contributed by atoms with E-state index in [1.54, 1.807) is 12.1 Å². The standard InChI is InChI=1S/C26H27N3O2/c27-26(30)20-9-13-25(28-16-20)31-22-10-11-23-19(15-22)8-12-24(23)29-14-4-7-21(17-29)18-5-2-1-3-6-18/h1-3,5-6,9-11,13,15-16,21,24H,4,7-8,12,14,17H2,(H2,27,30). The van der Waals surface area contributed by atoms with Crippen molar-refractivity contribution in [1.82, 2.24) is 9.88 Å². The molecule has 1 aromatic heterocycles. The number of ether oxygens (including phenoxy) is 1. The first-order valence-electron chi connectivity index (χ1n) is 11.0. The predicted octanol–water partition coefficient (Wildman–Crippen LogP) is 4.84. The van der Waals surface area contributed by atoms with Crippen LogP contribution in [0.4, 0.5) is 0 Å². The highest BCUT2D eigenvalue weighted by molar-refractivity contribution is 5.92. The van der Waals surface area contributed by atoms with Crippen molar-refractivity contribution in [2.45, 2.75) is 37.6 Å². The van der Waals surface area contributed by atoms with E-state index < -0.39 is 5.91 Å². The fraction of sp³-hybridized carbons (Fsp3) is 0.308. The van der Waals surface area contributed by atoms with E-state index in [4.69, 9.17) is 10.5 Å². The molecule has 1 amide bonds. The lowest BCUT2D eigenvalue weighted by molar-refractivity contribution is 0.1000. The zero-order chi connectivity index (χ0) is 21.2. The minimum Gasteiger partial charge on any atom is -0.439 e. The molecule has 2 heterocycles. The maximum absolute atomic E-state index is 11.2. The summed E-state index contributed by atoms with van der Waals surface area (Å²) in [4.78, 5) is 18.1. The first kappa shape index (κ1) is 19.8. The predicted molar refractivity (Wildman–Crippen MR) is 120 cm³/mol. The lowest BCUT2D eigenvalue weighted by atomic mass is 9.89. The molecule has 0 radical (unpaired) electrons. The van der Waals surface area contributed by atoms with Crippen LogP contribution in [-0.4, -0.2) is 28.9 Å². The van der Waals surface area contributed by atoms with Gasteiger partial charge in [0.05, 0.1) is 5.56 Å². The molecule has 0 spiro atoms. The molecule has 31 heavy (non-hydrogen) atoms. The summed E-state index contributed by atoms with van der Waals surface area (Å²) in [7, 11) is 0. The summed E-state index contributed by atoms with van der Waals surface area (Å²) in [5.74, 6) is 1.37. The van der Waals surface area contributed by atoms with E-state index in [0.29, 0.717) is 23.4 Å². The zero-order valence-corrected chi connectivity index (χ0v) is 17.5. The van der Waals surface area contributed by atoms with Gasteiger partial charge in [-0.2, -0.15) is 0 Å². The largest absolute Gasteiger partial charge is 0.439 e. The second-order valence-corrected chi connectivity index (χ2v) is 8.51. The third-order valence-electron chi connectivity index (χ3n) is 6.57. The Morgan fingerprint density at radius 2 is 1.94 bits per heavy atom. The van der Waals surface area contributed by atoms with E-state index in [9.17, 15) is 4.79 Å². The normalized spacial score (nSPS) is 20.9. The number of pyridine rings is 1. The first-order valence-corrected chi connectivity index (χ1v) is 11.0. The fourth-order valence-corrected chi connectivity index (χ4v) is 5.01. The molecule has 1 aliphatic carbocycles. The number of hydrogen-bond donors (Lipinski definition) is 1. The Morgan fingerprint density at radius 3 is 2.71 bits per heavy atom. The number of primary amides is 1. The smallest absolute Gasteiger partial charge is 0.250 e. The van der Waals surface area contributed by atoms with Crippen molar-refractivity contribution in [3.05, 3.63) is 89.1 Å². The topological polar surface area (TPSA) is 68.5 Å². The lowest BCUT2D eigenvalue weighted by Crippen LogP contribution is -2.36. The number of amides is 1. The highest BCUT2D eigenvalue weighted by Crippen LogP contribution is 2.41. The number of rotatable bonds is 5. The van der Waals surface area contributed by atoms with Crippen molar-refractivity contribution in [3.8, 4) is 11.6 Å². The van der Waals surface area contributed by atoms with Gasteiger partial charge >= 0.3 is 0 Å². The van der Waals surface area contributed by atoms with E-state index in [1.807, 2.05) is 6.07 Å². The molecule has 2 atom stereocenters. The quantitative estimate of drug-likeness (QED) is 0.650. The van der Waals surface area contributed by atoms with Crippen molar-refractivity contribution in [2.24, 2.45) is 5.73 Å². The molecule has 2 unspecified atom stereocenters. The van der Waals surface area contributed by atoms with Crippen LogP contribution < -0.4 is 10.5 Å². The van der Waals surface area contributed by atoms with Crippen LogP contribution in [0.1, 0.15) is 58.3 Å². The zero-order valence-electron chi connectivity index (χ0n) is 17.5. The van der Waals surface area contributed by atoms with Crippen LogP contribution in [-0.2, 0) is 6.42 Å². The number of likely N-dealkylation sites (tertiary alicyclic amines) is 1. The molecular formula is C26H27N3O2. The van der Waals surface area contributed by atoms with Gasteiger partial charge in [-0.25, -0.2) is 4.98 Å². The Morgan fingerprint density at radius 1 is 1.06 bits per heavy atom. The van der Waals surface area contributed by atoms with Crippen LogP contribution in [0.3, 0.4) is 0 Å². The maximum Gasteiger partial charge on any atom is 0.250 e. The lowest BCUT2D eigenvalue weighted by Gasteiger charge is -2.37. The summed E-state index contributed by atoms with van der Waals surface area (Å²) in [6, 6.07) is 21.1. The van der Waals surface area contributed by atoms with Crippen molar-refractivity contribution in [1.29, 1.82) is 0 Å². The average molecular weight is 414 g/mol. The second kappa shape index (κ2) is 8.52. The number of piperidine rings is 1. The van der Waals surface area contributed by atoms with Gasteiger partial charge in [-0.3, -0.25) is 9.69 Å². The minimum atomic E-state index is -0.491. The van der Waals surface area contributed by atoms with Crippen LogP contribution in [0.5, 0.6) is 11.6 Å². The summed E-state index contributed by atoms with van der Waals surface area (Å²) in [5.41, 5.74) is 9.89. The number of carbonyl (C=O) groups is 1. The van der Waals surface area contributed by atoms with Gasteiger partial charge in [-0.1, -0.05) is 36.4 Å². The van der Waals surface area contributed by atoms with E-state index in [-0.39, 0.29) is 0 Å². The molecule has 5 nitrogen and oxygen atoms in total. The molecule has 1 fully saturated rings. The number of aromatic nitrogens is 1. The van der Waals surface area contributed by atoms with Gasteiger partial charge in [0.15, 0.2) is 0 Å². The average Bonchev–Trinajstić information content (AvgIpc) is 3.23. The molecule has 3 aromatic rings.